The van der Waals surface area contributed by atoms with E-state index in [1.165, 1.54) is 12.1 Å². The maximum absolute atomic E-state index is 12.4. The van der Waals surface area contributed by atoms with Gasteiger partial charge in [-0.2, -0.15) is 13.2 Å². The minimum absolute atomic E-state index is 0.149. The molecule has 1 aliphatic heterocycles. The highest BCUT2D eigenvalue weighted by Crippen LogP contribution is 2.29. The van der Waals surface area contributed by atoms with E-state index in [0.29, 0.717) is 17.3 Å². The number of hydrogen-bond donors (Lipinski definition) is 0. The second-order valence-electron chi connectivity index (χ2n) is 4.05. The van der Waals surface area contributed by atoms with Crippen molar-refractivity contribution in [3.63, 3.8) is 0 Å². The molecule has 2 atom stereocenters. The van der Waals surface area contributed by atoms with Crippen LogP contribution in [0.2, 0.25) is 0 Å². The van der Waals surface area contributed by atoms with Crippen LogP contribution in [0.1, 0.15) is 18.1 Å². The molecule has 0 saturated heterocycles. The van der Waals surface area contributed by atoms with E-state index in [2.05, 4.69) is 4.99 Å². The topological polar surface area (TPSA) is 21.6 Å². The fourth-order valence-corrected chi connectivity index (χ4v) is 1.96. The van der Waals surface area contributed by atoms with Crippen LogP contribution in [0.4, 0.5) is 13.2 Å². The molecule has 0 amide bonds. The second kappa shape index (κ2) is 4.80. The normalized spacial score (nSPS) is 23.7. The quantitative estimate of drug-likeness (QED) is 0.759. The molecular formula is C12H11ClF3NO. The van der Waals surface area contributed by atoms with E-state index in [0.717, 1.165) is 12.1 Å². The smallest absolute Gasteiger partial charge is 0.416 e. The summed E-state index contributed by atoms with van der Waals surface area (Å²) in [7, 11) is 0. The lowest BCUT2D eigenvalue weighted by Gasteiger charge is -2.10. The van der Waals surface area contributed by atoms with E-state index in [1.807, 2.05) is 6.92 Å². The highest BCUT2D eigenvalue weighted by Gasteiger charge is 2.31. The molecule has 2 rings (SSSR count). The molecule has 0 fully saturated rings. The molecule has 0 bridgehead atoms. The molecule has 0 radical (unpaired) electrons. The van der Waals surface area contributed by atoms with Crippen molar-refractivity contribution in [2.45, 2.75) is 25.2 Å². The Morgan fingerprint density at radius 3 is 2.33 bits per heavy atom. The number of halogens is 4. The van der Waals surface area contributed by atoms with Gasteiger partial charge in [0.15, 0.2) is 0 Å². The molecule has 0 aliphatic carbocycles. The van der Waals surface area contributed by atoms with Crippen molar-refractivity contribution in [1.82, 2.24) is 0 Å². The minimum Gasteiger partial charge on any atom is -0.472 e. The first-order chi connectivity index (χ1) is 8.41. The number of ether oxygens (including phenoxy) is 1. The van der Waals surface area contributed by atoms with E-state index >= 15 is 0 Å². The summed E-state index contributed by atoms with van der Waals surface area (Å²) in [6.45, 7) is 1.83. The number of nitrogens with zero attached hydrogens (tertiary/aromatic N) is 1. The third-order valence-electron chi connectivity index (χ3n) is 2.74. The zero-order valence-corrected chi connectivity index (χ0v) is 10.3. The van der Waals surface area contributed by atoms with E-state index in [-0.39, 0.29) is 12.1 Å². The average Bonchev–Trinajstić information content (AvgIpc) is 2.69. The lowest BCUT2D eigenvalue weighted by Crippen LogP contribution is -2.19. The van der Waals surface area contributed by atoms with Gasteiger partial charge in [-0.05, 0) is 31.2 Å². The first-order valence-electron chi connectivity index (χ1n) is 5.40. The van der Waals surface area contributed by atoms with Gasteiger partial charge in [0.25, 0.3) is 0 Å². The standard InChI is InChI=1S/C12H11ClF3NO/c1-7-10(6-13)17-11(18-7)8-2-4-9(5-3-8)12(14,15)16/h2-5,7,10H,6H2,1H3. The van der Waals surface area contributed by atoms with Crippen molar-refractivity contribution in [1.29, 1.82) is 0 Å². The molecule has 0 N–H and O–H groups in total. The van der Waals surface area contributed by atoms with Crippen molar-refractivity contribution in [3.05, 3.63) is 35.4 Å². The number of alkyl halides is 4. The van der Waals surface area contributed by atoms with Crippen LogP contribution in [0, 0.1) is 0 Å². The molecule has 0 saturated carbocycles. The summed E-state index contributed by atoms with van der Waals surface area (Å²) in [4.78, 5) is 4.23. The Bertz CT molecular complexity index is 455. The largest absolute Gasteiger partial charge is 0.472 e. The Hall–Kier alpha value is -1.23. The summed E-state index contributed by atoms with van der Waals surface area (Å²) in [6.07, 6.45) is -4.48. The molecule has 0 aromatic heterocycles. The van der Waals surface area contributed by atoms with Gasteiger partial charge in [-0.25, -0.2) is 4.99 Å². The zero-order chi connectivity index (χ0) is 13.3. The number of aliphatic imine (C=N–C) groups is 1. The Balaban J connectivity index is 2.21. The highest BCUT2D eigenvalue weighted by atomic mass is 35.5. The van der Waals surface area contributed by atoms with Crippen LogP contribution in [0.15, 0.2) is 29.3 Å². The summed E-state index contributed by atoms with van der Waals surface area (Å²) >= 11 is 5.70. The molecule has 1 heterocycles. The van der Waals surface area contributed by atoms with Crippen LogP contribution in [-0.2, 0) is 10.9 Å². The minimum atomic E-state index is -4.33. The molecule has 2 nitrogen and oxygen atoms in total. The van der Waals surface area contributed by atoms with Crippen LogP contribution >= 0.6 is 11.6 Å². The lowest BCUT2D eigenvalue weighted by molar-refractivity contribution is -0.137. The first-order valence-corrected chi connectivity index (χ1v) is 5.93. The predicted molar refractivity (Wildman–Crippen MR) is 63.0 cm³/mol. The van der Waals surface area contributed by atoms with Crippen LogP contribution < -0.4 is 0 Å². The van der Waals surface area contributed by atoms with Crippen molar-refractivity contribution in [2.24, 2.45) is 4.99 Å². The fraction of sp³-hybridized carbons (Fsp3) is 0.417. The van der Waals surface area contributed by atoms with Gasteiger partial charge < -0.3 is 4.74 Å². The van der Waals surface area contributed by atoms with Gasteiger partial charge in [0.05, 0.1) is 5.56 Å². The molecule has 98 valence electrons. The average molecular weight is 278 g/mol. The lowest BCUT2D eigenvalue weighted by atomic mass is 10.1. The van der Waals surface area contributed by atoms with Gasteiger partial charge >= 0.3 is 6.18 Å². The van der Waals surface area contributed by atoms with Gasteiger partial charge in [0.2, 0.25) is 5.90 Å². The maximum atomic E-state index is 12.4. The SMILES string of the molecule is CC1OC(c2ccc(C(F)(F)F)cc2)=NC1CCl. The van der Waals surface area contributed by atoms with Crippen LogP contribution in [0.25, 0.3) is 0 Å². The third kappa shape index (κ3) is 2.61. The second-order valence-corrected chi connectivity index (χ2v) is 4.36. The molecule has 1 aromatic rings. The summed E-state index contributed by atoms with van der Waals surface area (Å²) in [5.41, 5.74) is -0.158. The van der Waals surface area contributed by atoms with E-state index in [1.54, 1.807) is 0 Å². The fourth-order valence-electron chi connectivity index (χ4n) is 1.64. The van der Waals surface area contributed by atoms with Crippen LogP contribution in [0.5, 0.6) is 0 Å². The summed E-state index contributed by atoms with van der Waals surface area (Å²) in [5, 5.41) is 0. The monoisotopic (exact) mass is 277 g/mol. The van der Waals surface area contributed by atoms with Crippen LogP contribution in [0.3, 0.4) is 0 Å². The third-order valence-corrected chi connectivity index (χ3v) is 3.06. The van der Waals surface area contributed by atoms with Crippen molar-refractivity contribution in [2.75, 3.05) is 5.88 Å². The molecule has 0 spiro atoms. The van der Waals surface area contributed by atoms with Crippen LogP contribution in [-0.4, -0.2) is 23.9 Å². The van der Waals surface area contributed by atoms with Gasteiger partial charge in [0.1, 0.15) is 12.1 Å². The molecule has 1 aromatic carbocycles. The van der Waals surface area contributed by atoms with E-state index in [4.69, 9.17) is 16.3 Å². The first kappa shape index (κ1) is 13.2. The summed E-state index contributed by atoms with van der Waals surface area (Å²) < 4.78 is 42.7. The predicted octanol–water partition coefficient (Wildman–Crippen LogP) is 3.48. The Morgan fingerprint density at radius 2 is 1.89 bits per heavy atom. The molecule has 1 aliphatic rings. The molecule has 18 heavy (non-hydrogen) atoms. The van der Waals surface area contributed by atoms with E-state index < -0.39 is 11.7 Å². The number of hydrogen-bond acceptors (Lipinski definition) is 2. The van der Waals surface area contributed by atoms with Gasteiger partial charge in [-0.15, -0.1) is 11.6 Å². The highest BCUT2D eigenvalue weighted by molar-refractivity contribution is 6.18. The van der Waals surface area contributed by atoms with Crippen molar-refractivity contribution < 1.29 is 17.9 Å². The van der Waals surface area contributed by atoms with Crippen molar-refractivity contribution >= 4 is 17.5 Å². The van der Waals surface area contributed by atoms with Gasteiger partial charge in [-0.3, -0.25) is 0 Å². The maximum Gasteiger partial charge on any atom is 0.416 e. The Morgan fingerprint density at radius 1 is 1.28 bits per heavy atom. The number of benzene rings is 1. The summed E-state index contributed by atoms with van der Waals surface area (Å²) in [6, 6.07) is 4.58. The molecule has 6 heteroatoms. The molecular weight excluding hydrogens is 267 g/mol. The van der Waals surface area contributed by atoms with E-state index in [9.17, 15) is 13.2 Å². The number of rotatable bonds is 2. The Labute approximate surface area is 107 Å². The molecule has 2 unspecified atom stereocenters. The Kier molecular flexibility index (Phi) is 3.52. The van der Waals surface area contributed by atoms with Gasteiger partial charge in [-0.1, -0.05) is 0 Å². The zero-order valence-electron chi connectivity index (χ0n) is 9.54. The van der Waals surface area contributed by atoms with Gasteiger partial charge in [0, 0.05) is 11.4 Å². The summed E-state index contributed by atoms with van der Waals surface area (Å²) in [5.74, 6) is 0.674. The van der Waals surface area contributed by atoms with Crippen molar-refractivity contribution in [3.8, 4) is 0 Å².